The number of hydrogen-bond donors (Lipinski definition) is 0. The molecule has 0 amide bonds. The van der Waals surface area contributed by atoms with Crippen molar-refractivity contribution in [2.24, 2.45) is 0 Å². The lowest BCUT2D eigenvalue weighted by Crippen LogP contribution is -2.02. The highest BCUT2D eigenvalue weighted by molar-refractivity contribution is 7.17. The molecular weight excluding hydrogens is 252 g/mol. The molecule has 0 saturated heterocycles. The van der Waals surface area contributed by atoms with E-state index in [1.165, 1.54) is 10.9 Å². The Hall–Kier alpha value is -1.59. The first-order chi connectivity index (χ1) is 8.34. The number of carbonyl (C=O) groups is 1. The van der Waals surface area contributed by atoms with Gasteiger partial charge in [-0.25, -0.2) is 0 Å². The summed E-state index contributed by atoms with van der Waals surface area (Å²) >= 11 is 2.73. The largest absolute Gasteiger partial charge is 0.292 e. The van der Waals surface area contributed by atoms with E-state index in [0.717, 1.165) is 22.7 Å². The fourth-order valence-electron chi connectivity index (χ4n) is 1.72. The summed E-state index contributed by atoms with van der Waals surface area (Å²) < 4.78 is 9.02. The molecule has 5 heteroatoms. The third-order valence-corrected chi connectivity index (χ3v) is 4.05. The number of fused-ring (bicyclic) bond motifs is 1. The molecule has 0 bridgehead atoms. The molecule has 0 unspecified atom stereocenters. The van der Waals surface area contributed by atoms with Gasteiger partial charge >= 0.3 is 0 Å². The van der Waals surface area contributed by atoms with Crippen LogP contribution in [-0.4, -0.2) is 14.5 Å². The minimum Gasteiger partial charge on any atom is -0.292 e. The highest BCUT2D eigenvalue weighted by atomic mass is 32.1. The Balaban J connectivity index is 1.93. The van der Waals surface area contributed by atoms with Crippen molar-refractivity contribution in [3.05, 3.63) is 47.1 Å². The third kappa shape index (κ3) is 1.99. The van der Waals surface area contributed by atoms with Crippen molar-refractivity contribution in [1.29, 1.82) is 0 Å². The van der Waals surface area contributed by atoms with Crippen molar-refractivity contribution in [3.63, 3.8) is 0 Å². The molecule has 1 aromatic carbocycles. The SMILES string of the molecule is O=C(Cc1csc2ccccc12)c1cnsn1. The topological polar surface area (TPSA) is 42.9 Å². The van der Waals surface area contributed by atoms with Crippen LogP contribution in [0.1, 0.15) is 16.1 Å². The lowest BCUT2D eigenvalue weighted by atomic mass is 10.1. The maximum atomic E-state index is 11.9. The van der Waals surface area contributed by atoms with Gasteiger partial charge in [0.2, 0.25) is 0 Å². The highest BCUT2D eigenvalue weighted by Crippen LogP contribution is 2.26. The van der Waals surface area contributed by atoms with Crippen molar-refractivity contribution >= 4 is 38.9 Å². The van der Waals surface area contributed by atoms with Crippen LogP contribution in [0.4, 0.5) is 0 Å². The first kappa shape index (κ1) is 10.6. The summed E-state index contributed by atoms with van der Waals surface area (Å²) in [4.78, 5) is 11.9. The Labute approximate surface area is 106 Å². The monoisotopic (exact) mass is 260 g/mol. The van der Waals surface area contributed by atoms with Gasteiger partial charge in [-0.3, -0.25) is 4.79 Å². The van der Waals surface area contributed by atoms with Crippen molar-refractivity contribution in [2.75, 3.05) is 0 Å². The van der Waals surface area contributed by atoms with Gasteiger partial charge in [0.1, 0.15) is 5.69 Å². The Morgan fingerprint density at radius 1 is 1.29 bits per heavy atom. The number of hydrogen-bond acceptors (Lipinski definition) is 5. The van der Waals surface area contributed by atoms with Gasteiger partial charge in [0.05, 0.1) is 17.9 Å². The number of aromatic nitrogens is 2. The second-order valence-corrected chi connectivity index (χ2v) is 5.12. The standard InChI is InChI=1S/C12H8N2OS2/c15-11(10-6-13-17-14-10)5-8-7-16-12-4-2-1-3-9(8)12/h1-4,6-7H,5H2. The van der Waals surface area contributed by atoms with Crippen molar-refractivity contribution in [2.45, 2.75) is 6.42 Å². The van der Waals surface area contributed by atoms with E-state index in [1.807, 2.05) is 23.6 Å². The molecule has 3 aromatic rings. The lowest BCUT2D eigenvalue weighted by molar-refractivity contribution is 0.0989. The maximum Gasteiger partial charge on any atom is 0.188 e. The molecule has 0 radical (unpaired) electrons. The van der Waals surface area contributed by atoms with E-state index < -0.39 is 0 Å². The fourth-order valence-corrected chi connectivity index (χ4v) is 3.11. The summed E-state index contributed by atoms with van der Waals surface area (Å²) in [5.74, 6) is 0.0299. The number of rotatable bonds is 3. The van der Waals surface area contributed by atoms with E-state index in [1.54, 1.807) is 11.3 Å². The zero-order valence-corrected chi connectivity index (χ0v) is 10.4. The van der Waals surface area contributed by atoms with Gasteiger partial charge in [-0.05, 0) is 22.4 Å². The lowest BCUT2D eigenvalue weighted by Gasteiger charge is -1.96. The summed E-state index contributed by atoms with van der Waals surface area (Å²) in [7, 11) is 0. The molecule has 3 rings (SSSR count). The molecular formula is C12H8N2OS2. The third-order valence-electron chi connectivity index (χ3n) is 2.56. The van der Waals surface area contributed by atoms with Crippen molar-refractivity contribution < 1.29 is 4.79 Å². The van der Waals surface area contributed by atoms with E-state index in [-0.39, 0.29) is 5.78 Å². The first-order valence-corrected chi connectivity index (χ1v) is 6.71. The molecule has 2 heterocycles. The van der Waals surface area contributed by atoms with Gasteiger partial charge in [-0.2, -0.15) is 8.75 Å². The fraction of sp³-hybridized carbons (Fsp3) is 0.0833. The van der Waals surface area contributed by atoms with E-state index in [2.05, 4.69) is 14.8 Å². The molecule has 84 valence electrons. The molecule has 17 heavy (non-hydrogen) atoms. The maximum absolute atomic E-state index is 11.9. The van der Waals surface area contributed by atoms with E-state index in [0.29, 0.717) is 12.1 Å². The summed E-state index contributed by atoms with van der Waals surface area (Å²) in [5.41, 5.74) is 1.54. The van der Waals surface area contributed by atoms with Gasteiger partial charge in [-0.1, -0.05) is 18.2 Å². The summed E-state index contributed by atoms with van der Waals surface area (Å²) in [6, 6.07) is 8.12. The molecule has 0 saturated carbocycles. The van der Waals surface area contributed by atoms with Gasteiger partial charge in [0.25, 0.3) is 0 Å². The second kappa shape index (κ2) is 4.35. The number of nitrogens with zero attached hydrogens (tertiary/aromatic N) is 2. The highest BCUT2D eigenvalue weighted by Gasteiger charge is 2.12. The minimum absolute atomic E-state index is 0.0299. The minimum atomic E-state index is 0.0299. The number of Topliss-reactive ketones (excluding diaryl/α,β-unsaturated/α-hetero) is 1. The molecule has 3 nitrogen and oxygen atoms in total. The van der Waals surface area contributed by atoms with Crippen LogP contribution < -0.4 is 0 Å². The predicted molar refractivity (Wildman–Crippen MR) is 69.8 cm³/mol. The Kier molecular flexibility index (Phi) is 2.70. The van der Waals surface area contributed by atoms with Crippen LogP contribution >= 0.6 is 23.1 Å². The van der Waals surface area contributed by atoms with Crippen molar-refractivity contribution in [1.82, 2.24) is 8.75 Å². The van der Waals surface area contributed by atoms with E-state index in [9.17, 15) is 4.79 Å². The predicted octanol–water partition coefficient (Wildman–Crippen LogP) is 3.18. The molecule has 0 aliphatic rings. The first-order valence-electron chi connectivity index (χ1n) is 5.10. The van der Waals surface area contributed by atoms with Gasteiger partial charge in [0.15, 0.2) is 5.78 Å². The van der Waals surface area contributed by atoms with E-state index >= 15 is 0 Å². The van der Waals surface area contributed by atoms with Crippen LogP contribution in [0.2, 0.25) is 0 Å². The molecule has 0 aliphatic heterocycles. The van der Waals surface area contributed by atoms with Crippen LogP contribution in [-0.2, 0) is 6.42 Å². The molecule has 0 spiro atoms. The normalized spacial score (nSPS) is 10.8. The van der Waals surface area contributed by atoms with Gasteiger partial charge in [0, 0.05) is 11.1 Å². The smallest absolute Gasteiger partial charge is 0.188 e. The Morgan fingerprint density at radius 2 is 2.18 bits per heavy atom. The van der Waals surface area contributed by atoms with Crippen LogP contribution in [0.3, 0.4) is 0 Å². The number of carbonyl (C=O) groups excluding carboxylic acids is 1. The van der Waals surface area contributed by atoms with Crippen LogP contribution in [0.25, 0.3) is 10.1 Å². The molecule has 2 aromatic heterocycles. The summed E-state index contributed by atoms with van der Waals surface area (Å²) in [6.07, 6.45) is 1.93. The zero-order valence-electron chi connectivity index (χ0n) is 8.79. The Bertz CT molecular complexity index is 658. The van der Waals surface area contributed by atoms with Gasteiger partial charge in [-0.15, -0.1) is 11.3 Å². The quantitative estimate of drug-likeness (QED) is 0.679. The average Bonchev–Trinajstić information content (AvgIpc) is 2.98. The van der Waals surface area contributed by atoms with Crippen molar-refractivity contribution in [3.8, 4) is 0 Å². The Morgan fingerprint density at radius 3 is 3.00 bits per heavy atom. The van der Waals surface area contributed by atoms with Gasteiger partial charge < -0.3 is 0 Å². The molecule has 0 fully saturated rings. The number of benzene rings is 1. The summed E-state index contributed by atoms with van der Waals surface area (Å²) in [6.45, 7) is 0. The van der Waals surface area contributed by atoms with Crippen LogP contribution in [0, 0.1) is 0 Å². The van der Waals surface area contributed by atoms with Crippen LogP contribution in [0.15, 0.2) is 35.8 Å². The molecule has 0 aliphatic carbocycles. The second-order valence-electron chi connectivity index (χ2n) is 3.65. The molecule has 0 atom stereocenters. The van der Waals surface area contributed by atoms with E-state index in [4.69, 9.17) is 0 Å². The average molecular weight is 260 g/mol. The number of ketones is 1. The molecule has 0 N–H and O–H groups in total. The number of thiophene rings is 1. The summed E-state index contributed by atoms with van der Waals surface area (Å²) in [5, 5.41) is 3.21. The zero-order chi connectivity index (χ0) is 11.7. The van der Waals surface area contributed by atoms with Crippen LogP contribution in [0.5, 0.6) is 0 Å².